The van der Waals surface area contributed by atoms with Gasteiger partial charge in [0.25, 0.3) is 0 Å². The van der Waals surface area contributed by atoms with Crippen molar-refractivity contribution in [3.63, 3.8) is 0 Å². The van der Waals surface area contributed by atoms with Crippen LogP contribution in [0, 0.1) is 5.41 Å². The lowest BCUT2D eigenvalue weighted by Crippen LogP contribution is -2.43. The first kappa shape index (κ1) is 22.0. The maximum Gasteiger partial charge on any atom is 0.305 e. The maximum absolute atomic E-state index is 13.4. The molecule has 0 spiro atoms. The number of morpholine rings is 1. The number of allylic oxidation sites excluding steroid dienone is 2. The largest absolute Gasteiger partial charge is 0.430 e. The minimum absolute atomic E-state index is 0.131. The second-order valence-electron chi connectivity index (χ2n) is 10.1. The molecule has 1 saturated heterocycles. The Hall–Kier alpha value is -2.77. The minimum atomic E-state index is -0.257. The fourth-order valence-electron chi connectivity index (χ4n) is 5.27. The molecule has 2 N–H and O–H groups in total. The van der Waals surface area contributed by atoms with Crippen LogP contribution in [0.5, 0.6) is 5.88 Å². The van der Waals surface area contributed by atoms with Crippen molar-refractivity contribution in [1.82, 2.24) is 9.88 Å². The third-order valence-corrected chi connectivity index (χ3v) is 6.92. The molecule has 3 heterocycles. The molecule has 1 aromatic heterocycles. The highest BCUT2D eigenvalue weighted by molar-refractivity contribution is 6.00. The van der Waals surface area contributed by atoms with Crippen molar-refractivity contribution >= 4 is 11.6 Å². The van der Waals surface area contributed by atoms with Crippen molar-refractivity contribution in [2.75, 3.05) is 38.6 Å². The Morgan fingerprint density at radius 3 is 2.70 bits per heavy atom. The van der Waals surface area contributed by atoms with Crippen LogP contribution < -0.4 is 15.0 Å². The third-order valence-electron chi connectivity index (χ3n) is 6.92. The van der Waals surface area contributed by atoms with E-state index < -0.39 is 0 Å². The van der Waals surface area contributed by atoms with E-state index in [9.17, 15) is 4.79 Å². The van der Waals surface area contributed by atoms with Gasteiger partial charge >= 0.3 is 5.88 Å². The Bertz CT molecular complexity index is 1070. The van der Waals surface area contributed by atoms with Crippen LogP contribution >= 0.6 is 0 Å². The third kappa shape index (κ3) is 4.39. The first-order valence-corrected chi connectivity index (χ1v) is 11.9. The van der Waals surface area contributed by atoms with Gasteiger partial charge in [-0.2, -0.15) is 0 Å². The summed E-state index contributed by atoms with van der Waals surface area (Å²) in [6.07, 6.45) is 3.96. The second kappa shape index (κ2) is 8.88. The van der Waals surface area contributed by atoms with Gasteiger partial charge in [0.1, 0.15) is 11.3 Å². The van der Waals surface area contributed by atoms with Gasteiger partial charge in [0.05, 0.1) is 25.7 Å². The van der Waals surface area contributed by atoms with Crippen molar-refractivity contribution in [1.29, 1.82) is 0 Å². The van der Waals surface area contributed by atoms with E-state index in [1.54, 1.807) is 6.33 Å². The lowest BCUT2D eigenvalue weighted by atomic mass is 9.70. The molecule has 1 atom stereocenters. The molecule has 7 nitrogen and oxygen atoms in total. The predicted octanol–water partition coefficient (Wildman–Crippen LogP) is 2.84. The van der Waals surface area contributed by atoms with Gasteiger partial charge in [-0.05, 0) is 17.4 Å². The Morgan fingerprint density at radius 1 is 1.18 bits per heavy atom. The molecule has 0 saturated carbocycles. The molecular formula is C26H33N4O3+. The average molecular weight is 450 g/mol. The molecule has 33 heavy (non-hydrogen) atoms. The number of rotatable bonds is 5. The number of carbonyl (C=O) groups is 1. The summed E-state index contributed by atoms with van der Waals surface area (Å²) < 4.78 is 13.7. The van der Waals surface area contributed by atoms with Crippen LogP contribution in [0.2, 0.25) is 0 Å². The molecule has 2 aromatic rings. The van der Waals surface area contributed by atoms with Gasteiger partial charge in [0, 0.05) is 38.0 Å². The van der Waals surface area contributed by atoms with Gasteiger partial charge in [-0.3, -0.25) is 9.69 Å². The topological polar surface area (TPSA) is 81.6 Å². The van der Waals surface area contributed by atoms with Crippen LogP contribution in [-0.4, -0.2) is 48.5 Å². The molecule has 1 aliphatic carbocycles. The summed E-state index contributed by atoms with van der Waals surface area (Å²) in [6.45, 7) is 9.53. The van der Waals surface area contributed by atoms with E-state index in [0.717, 1.165) is 68.3 Å². The van der Waals surface area contributed by atoms with Crippen LogP contribution in [0.15, 0.2) is 48.0 Å². The minimum Gasteiger partial charge on any atom is -0.430 e. The second-order valence-corrected chi connectivity index (χ2v) is 10.1. The number of nitrogen functional groups attached to an aromatic ring is 1. The van der Waals surface area contributed by atoms with E-state index in [1.165, 1.54) is 0 Å². The molecule has 0 bridgehead atoms. The Labute approximate surface area is 195 Å². The van der Waals surface area contributed by atoms with E-state index in [-0.39, 0.29) is 17.1 Å². The number of anilines is 1. The van der Waals surface area contributed by atoms with Crippen LogP contribution in [0.1, 0.15) is 50.2 Å². The molecule has 5 rings (SSSR count). The smallest absolute Gasteiger partial charge is 0.305 e. The number of aryl methyl sites for hydroxylation is 1. The molecule has 2 aliphatic heterocycles. The number of carbonyl (C=O) groups excluding carboxylic acids is 1. The normalized spacial score (nSPS) is 22.5. The first-order valence-electron chi connectivity index (χ1n) is 11.9. The highest BCUT2D eigenvalue weighted by atomic mass is 16.5. The predicted molar refractivity (Wildman–Crippen MR) is 125 cm³/mol. The fraction of sp³-hybridized carbons (Fsp3) is 0.500. The highest BCUT2D eigenvalue weighted by Crippen LogP contribution is 2.50. The number of fused-ring (bicyclic) bond motifs is 1. The van der Waals surface area contributed by atoms with E-state index in [1.807, 2.05) is 22.8 Å². The number of nitrogens with two attached hydrogens (primary N) is 1. The number of benzene rings is 1. The molecule has 1 aromatic carbocycles. The van der Waals surface area contributed by atoms with Crippen LogP contribution in [0.3, 0.4) is 0 Å². The summed E-state index contributed by atoms with van der Waals surface area (Å²) in [5, 5.41) is 0. The average Bonchev–Trinajstić information content (AvgIpc) is 2.80. The molecule has 174 valence electrons. The van der Waals surface area contributed by atoms with Gasteiger partial charge in [-0.15, -0.1) is 0 Å². The Balaban J connectivity index is 1.49. The van der Waals surface area contributed by atoms with Crippen LogP contribution in [0.25, 0.3) is 0 Å². The number of ether oxygens (including phenoxy) is 2. The van der Waals surface area contributed by atoms with Crippen molar-refractivity contribution in [2.45, 2.75) is 45.6 Å². The molecule has 0 amide bonds. The van der Waals surface area contributed by atoms with Gasteiger partial charge in [0.15, 0.2) is 5.78 Å². The van der Waals surface area contributed by atoms with E-state index in [2.05, 4.69) is 35.9 Å². The molecule has 0 radical (unpaired) electrons. The van der Waals surface area contributed by atoms with Crippen molar-refractivity contribution in [2.24, 2.45) is 5.41 Å². The van der Waals surface area contributed by atoms with E-state index in [4.69, 9.17) is 15.2 Å². The number of hydrogen-bond donors (Lipinski definition) is 1. The lowest BCUT2D eigenvalue weighted by Gasteiger charge is -2.37. The SMILES string of the molecule is CC1(C)CC(=O)C2=C(C1)Oc1nc[n+](CCCN3CCOCC3)c(N)c1[C@@H]2c1ccccc1. The van der Waals surface area contributed by atoms with E-state index in [0.29, 0.717) is 24.5 Å². The quantitative estimate of drug-likeness (QED) is 0.707. The first-order chi connectivity index (χ1) is 15.9. The number of aromatic nitrogens is 2. The number of Topliss-reactive ketones (excluding diaryl/α,β-unsaturated/α-hetero) is 1. The summed E-state index contributed by atoms with van der Waals surface area (Å²) in [5.74, 6) is 1.78. The molecule has 3 aliphatic rings. The van der Waals surface area contributed by atoms with Crippen LogP contribution in [0.4, 0.5) is 5.82 Å². The van der Waals surface area contributed by atoms with Gasteiger partial charge in [-0.25, -0.2) is 4.57 Å². The summed E-state index contributed by atoms with van der Waals surface area (Å²) >= 11 is 0. The highest BCUT2D eigenvalue weighted by Gasteiger charge is 2.45. The van der Waals surface area contributed by atoms with Crippen molar-refractivity contribution < 1.29 is 18.8 Å². The number of nitrogens with zero attached hydrogens (tertiary/aromatic N) is 3. The molecule has 1 fully saturated rings. The summed E-state index contributed by atoms with van der Waals surface area (Å²) in [4.78, 5) is 20.4. The molecular weight excluding hydrogens is 416 g/mol. The zero-order valence-electron chi connectivity index (χ0n) is 19.5. The Kier molecular flexibility index (Phi) is 5.93. The van der Waals surface area contributed by atoms with Crippen molar-refractivity contribution in [3.8, 4) is 5.88 Å². The van der Waals surface area contributed by atoms with Crippen LogP contribution in [-0.2, 0) is 16.1 Å². The maximum atomic E-state index is 13.4. The van der Waals surface area contributed by atoms with Gasteiger partial charge in [-0.1, -0.05) is 49.2 Å². The summed E-state index contributed by atoms with van der Waals surface area (Å²) in [7, 11) is 0. The van der Waals surface area contributed by atoms with Gasteiger partial charge in [0.2, 0.25) is 12.1 Å². The molecule has 0 unspecified atom stereocenters. The van der Waals surface area contributed by atoms with Crippen molar-refractivity contribution in [3.05, 3.63) is 59.1 Å². The summed E-state index contributed by atoms with van der Waals surface area (Å²) in [5.41, 5.74) is 9.21. The fourth-order valence-corrected chi connectivity index (χ4v) is 5.27. The Morgan fingerprint density at radius 2 is 1.94 bits per heavy atom. The van der Waals surface area contributed by atoms with E-state index >= 15 is 0 Å². The molecule has 7 heteroatoms. The number of hydrogen-bond acceptors (Lipinski definition) is 6. The standard InChI is InChI=1S/C26H32N4O3/c1-26(2)15-19(31)22-20(16-26)33-25-23(21(22)18-7-4-3-5-8-18)24(27)30(17-28-25)10-6-9-29-11-13-32-14-12-29/h3-5,7-8,17,21,27H,6,9-16H2,1-2H3/p+1/t21-/m1/s1. The zero-order chi connectivity index (χ0) is 23.0. The van der Waals surface area contributed by atoms with Gasteiger partial charge < -0.3 is 15.2 Å². The monoisotopic (exact) mass is 449 g/mol. The zero-order valence-corrected chi connectivity index (χ0v) is 19.5. The summed E-state index contributed by atoms with van der Waals surface area (Å²) in [6, 6.07) is 10.1. The number of ketones is 1. The lowest BCUT2D eigenvalue weighted by molar-refractivity contribution is -0.686.